The van der Waals surface area contributed by atoms with Gasteiger partial charge in [0, 0.05) is 63.0 Å². The number of aromatic nitrogens is 2. The maximum absolute atomic E-state index is 9.55. The van der Waals surface area contributed by atoms with Crippen LogP contribution in [0.25, 0.3) is 11.1 Å². The van der Waals surface area contributed by atoms with Crippen LogP contribution in [-0.2, 0) is 14.2 Å². The molecule has 13 heteroatoms. The van der Waals surface area contributed by atoms with E-state index in [0.717, 1.165) is 82.3 Å². The molecule has 2 aliphatic rings. The number of nitrogens with one attached hydrogen (secondary N) is 5. The minimum atomic E-state index is -0.247. The second-order valence-corrected chi connectivity index (χ2v) is 11.5. The Kier molecular flexibility index (Phi) is 14.0. The molecule has 4 rings (SSSR count). The van der Waals surface area contributed by atoms with E-state index in [2.05, 4.69) is 36.9 Å². The first kappa shape index (κ1) is 34.6. The first-order valence-corrected chi connectivity index (χ1v) is 16.0. The van der Waals surface area contributed by atoms with Crippen molar-refractivity contribution in [2.45, 2.75) is 63.6 Å². The average molecular weight is 634 g/mol. The molecule has 0 unspecified atom stereocenters. The molecule has 1 aromatic carbocycles. The Labute approximate surface area is 271 Å². The Morgan fingerprint density at radius 1 is 1.13 bits per heavy atom. The Morgan fingerprint density at radius 3 is 2.57 bits per heavy atom. The second-order valence-electron chi connectivity index (χ2n) is 11.5. The SMILES string of the molecule is COCCCCOC(=N)/C(=C\N[C@H]1CC[C@H](N2CCOCC2)CC1)Nc1ncc(-c2ccc(C#N)c(O[C@@H](C)CNC=N)c2)cn1. The number of hydrogen-bond acceptors (Lipinski definition) is 12. The van der Waals surface area contributed by atoms with E-state index in [-0.39, 0.29) is 12.0 Å². The fourth-order valence-corrected chi connectivity index (χ4v) is 5.55. The van der Waals surface area contributed by atoms with Crippen LogP contribution in [0.5, 0.6) is 5.75 Å². The fourth-order valence-electron chi connectivity index (χ4n) is 5.55. The van der Waals surface area contributed by atoms with E-state index in [9.17, 15) is 5.26 Å². The van der Waals surface area contributed by atoms with E-state index < -0.39 is 0 Å². The number of anilines is 1. The van der Waals surface area contributed by atoms with Crippen LogP contribution in [0.15, 0.2) is 42.5 Å². The van der Waals surface area contributed by atoms with Crippen LogP contribution in [0.1, 0.15) is 51.0 Å². The largest absolute Gasteiger partial charge is 0.487 e. The Morgan fingerprint density at radius 2 is 1.87 bits per heavy atom. The highest BCUT2D eigenvalue weighted by Crippen LogP contribution is 2.28. The lowest BCUT2D eigenvalue weighted by atomic mass is 9.90. The van der Waals surface area contributed by atoms with E-state index in [0.29, 0.717) is 54.8 Å². The van der Waals surface area contributed by atoms with Gasteiger partial charge >= 0.3 is 0 Å². The van der Waals surface area contributed by atoms with Gasteiger partial charge in [-0.3, -0.25) is 15.7 Å². The van der Waals surface area contributed by atoms with Crippen LogP contribution >= 0.6 is 0 Å². The topological polar surface area (TPSA) is 174 Å². The monoisotopic (exact) mass is 633 g/mol. The first-order valence-electron chi connectivity index (χ1n) is 16.0. The zero-order valence-corrected chi connectivity index (χ0v) is 26.9. The molecule has 248 valence electrons. The van der Waals surface area contributed by atoms with Gasteiger partial charge in [-0.2, -0.15) is 5.26 Å². The van der Waals surface area contributed by atoms with Crippen LogP contribution in [-0.4, -0.2) is 98.5 Å². The lowest BCUT2D eigenvalue weighted by Gasteiger charge is -2.38. The molecule has 0 amide bonds. The van der Waals surface area contributed by atoms with Gasteiger partial charge in [-0.05, 0) is 63.1 Å². The van der Waals surface area contributed by atoms with Gasteiger partial charge in [-0.15, -0.1) is 0 Å². The summed E-state index contributed by atoms with van der Waals surface area (Å²) in [6.45, 7) is 7.03. The van der Waals surface area contributed by atoms with Gasteiger partial charge in [0.15, 0.2) is 0 Å². The molecule has 2 fully saturated rings. The second kappa shape index (κ2) is 18.7. The normalized spacial score (nSPS) is 19.4. The number of rotatable bonds is 17. The molecule has 13 nitrogen and oxygen atoms in total. The van der Waals surface area contributed by atoms with Gasteiger partial charge in [0.25, 0.3) is 0 Å². The molecule has 0 radical (unpaired) electrons. The molecule has 1 saturated heterocycles. The van der Waals surface area contributed by atoms with Crippen molar-refractivity contribution < 1.29 is 18.9 Å². The minimum absolute atomic E-state index is 0.0140. The van der Waals surface area contributed by atoms with Crippen LogP contribution in [0, 0.1) is 22.1 Å². The minimum Gasteiger partial charge on any atom is -0.487 e. The molecule has 1 aliphatic heterocycles. The summed E-state index contributed by atoms with van der Waals surface area (Å²) in [4.78, 5) is 11.6. The predicted octanol–water partition coefficient (Wildman–Crippen LogP) is 3.89. The maximum Gasteiger partial charge on any atom is 0.231 e. The van der Waals surface area contributed by atoms with Gasteiger partial charge in [0.05, 0.1) is 38.3 Å². The highest BCUT2D eigenvalue weighted by Gasteiger charge is 2.26. The molecule has 1 aliphatic carbocycles. The van der Waals surface area contributed by atoms with E-state index in [4.69, 9.17) is 29.8 Å². The molecule has 2 aromatic rings. The number of nitrogens with zero attached hydrogens (tertiary/aromatic N) is 4. The van der Waals surface area contributed by atoms with Crippen molar-refractivity contribution in [1.29, 1.82) is 16.1 Å². The Hall–Kier alpha value is -4.25. The van der Waals surface area contributed by atoms with Crippen molar-refractivity contribution in [3.63, 3.8) is 0 Å². The third-order valence-corrected chi connectivity index (χ3v) is 8.13. The van der Waals surface area contributed by atoms with E-state index in [1.165, 1.54) is 0 Å². The lowest BCUT2D eigenvalue weighted by Crippen LogP contribution is -2.46. The summed E-state index contributed by atoms with van der Waals surface area (Å²) in [5, 5.41) is 34.8. The molecule has 5 N–H and O–H groups in total. The van der Waals surface area contributed by atoms with Crippen LogP contribution in [0.2, 0.25) is 0 Å². The van der Waals surface area contributed by atoms with Crippen molar-refractivity contribution in [2.24, 2.45) is 0 Å². The summed E-state index contributed by atoms with van der Waals surface area (Å²) in [5.74, 6) is 0.796. The Balaban J connectivity index is 1.41. The van der Waals surface area contributed by atoms with Crippen molar-refractivity contribution in [1.82, 2.24) is 25.5 Å². The first-order chi connectivity index (χ1) is 22.5. The third kappa shape index (κ3) is 10.7. The number of nitriles is 1. The number of ether oxygens (including phenoxy) is 4. The molecule has 0 spiro atoms. The molecule has 1 atom stereocenters. The van der Waals surface area contributed by atoms with Crippen molar-refractivity contribution in [3.8, 4) is 22.9 Å². The molecule has 1 saturated carbocycles. The van der Waals surface area contributed by atoms with Gasteiger partial charge in [0.1, 0.15) is 23.6 Å². The predicted molar refractivity (Wildman–Crippen MR) is 177 cm³/mol. The lowest BCUT2D eigenvalue weighted by molar-refractivity contribution is 0.00690. The third-order valence-electron chi connectivity index (χ3n) is 8.13. The van der Waals surface area contributed by atoms with Crippen molar-refractivity contribution in [2.75, 3.05) is 58.5 Å². The van der Waals surface area contributed by atoms with Crippen molar-refractivity contribution in [3.05, 3.63) is 48.1 Å². The van der Waals surface area contributed by atoms with E-state index in [1.54, 1.807) is 31.6 Å². The van der Waals surface area contributed by atoms with Crippen LogP contribution in [0.4, 0.5) is 5.95 Å². The van der Waals surface area contributed by atoms with E-state index >= 15 is 0 Å². The molecule has 0 bridgehead atoms. The summed E-state index contributed by atoms with van der Waals surface area (Å²) in [6, 6.07) is 8.41. The highest BCUT2D eigenvalue weighted by atomic mass is 16.5. The molecule has 2 heterocycles. The number of hydrogen-bond donors (Lipinski definition) is 5. The number of morpholine rings is 1. The standard InChI is InChI=1S/C33H47N9O4/c1-24(19-37-23-35)46-31-17-25(5-6-26(31)18-34)27-20-39-33(40-21-27)41-30(32(36)45-14-4-3-13-43-2)22-38-28-7-9-29(10-8-28)42-11-15-44-16-12-42/h5-6,17,20-24,28-29,36,38H,3-4,7-16,19H2,1-2H3,(H2,35,37)(H,39,40,41)/b30-22+,36-32?/t24-,28-,29-/m0/s1. The van der Waals surface area contributed by atoms with Gasteiger partial charge in [-0.1, -0.05) is 6.07 Å². The summed E-state index contributed by atoms with van der Waals surface area (Å²) >= 11 is 0. The van der Waals surface area contributed by atoms with Crippen LogP contribution < -0.4 is 20.7 Å². The summed E-state index contributed by atoms with van der Waals surface area (Å²) < 4.78 is 22.4. The van der Waals surface area contributed by atoms with Crippen LogP contribution in [0.3, 0.4) is 0 Å². The zero-order chi connectivity index (χ0) is 32.6. The van der Waals surface area contributed by atoms with Crippen molar-refractivity contribution >= 4 is 18.2 Å². The van der Waals surface area contributed by atoms with Gasteiger partial charge in [-0.25, -0.2) is 9.97 Å². The quantitative estimate of drug-likeness (QED) is 0.0972. The average Bonchev–Trinajstić information content (AvgIpc) is 3.10. The fraction of sp³-hybridized carbons (Fsp3) is 0.545. The molecule has 46 heavy (non-hydrogen) atoms. The number of methoxy groups -OCH3 is 1. The smallest absolute Gasteiger partial charge is 0.231 e. The van der Waals surface area contributed by atoms with Gasteiger partial charge in [0.2, 0.25) is 11.8 Å². The summed E-state index contributed by atoms with van der Waals surface area (Å²) in [6.07, 6.45) is 12.1. The van der Waals surface area contributed by atoms with Gasteiger partial charge < -0.3 is 34.9 Å². The summed E-state index contributed by atoms with van der Waals surface area (Å²) in [5.41, 5.74) is 2.42. The summed E-state index contributed by atoms with van der Waals surface area (Å²) in [7, 11) is 1.67. The number of unbranched alkanes of at least 4 members (excludes halogenated alkanes) is 1. The maximum atomic E-state index is 9.55. The number of benzene rings is 1. The molecular formula is C33H47N9O4. The highest BCUT2D eigenvalue weighted by molar-refractivity contribution is 5.93. The van der Waals surface area contributed by atoms with E-state index in [1.807, 2.05) is 19.2 Å². The molecular weight excluding hydrogens is 586 g/mol. The zero-order valence-electron chi connectivity index (χ0n) is 26.9. The molecule has 1 aromatic heterocycles. The Bertz CT molecular complexity index is 1320.